The minimum Gasteiger partial charge on any atom is -0.349 e. The molecule has 2 N–H and O–H groups in total. The van der Waals surface area contributed by atoms with Gasteiger partial charge in [-0.1, -0.05) is 65.7 Å². The summed E-state index contributed by atoms with van der Waals surface area (Å²) >= 11 is 12.5. The van der Waals surface area contributed by atoms with Crippen molar-refractivity contribution in [1.82, 2.24) is 15.6 Å². The molecule has 1 unspecified atom stereocenters. The Morgan fingerprint density at radius 1 is 1.09 bits per heavy atom. The van der Waals surface area contributed by atoms with E-state index in [4.69, 9.17) is 28.2 Å². The van der Waals surface area contributed by atoms with Crippen molar-refractivity contribution < 1.29 is 4.79 Å². The quantitative estimate of drug-likeness (QED) is 0.487. The van der Waals surface area contributed by atoms with Gasteiger partial charge in [-0.2, -0.15) is 0 Å². The predicted molar refractivity (Wildman–Crippen MR) is 134 cm³/mol. The van der Waals surface area contributed by atoms with Crippen LogP contribution in [0.5, 0.6) is 0 Å². The van der Waals surface area contributed by atoms with Crippen LogP contribution in [0.4, 0.5) is 0 Å². The molecule has 0 saturated carbocycles. The molecule has 0 bridgehead atoms. The van der Waals surface area contributed by atoms with Gasteiger partial charge in [0.1, 0.15) is 11.9 Å². The van der Waals surface area contributed by atoms with Gasteiger partial charge in [-0.25, -0.2) is 0 Å². The van der Waals surface area contributed by atoms with Gasteiger partial charge in [0.05, 0.1) is 5.57 Å². The summed E-state index contributed by atoms with van der Waals surface area (Å²) in [6.07, 6.45) is 7.30. The van der Waals surface area contributed by atoms with Crippen molar-refractivity contribution in [2.24, 2.45) is 4.99 Å². The maximum Gasteiger partial charge on any atom is 0.251 e. The molecule has 7 heteroatoms. The molecule has 0 spiro atoms. The first-order valence-electron chi connectivity index (χ1n) is 10.4. The van der Waals surface area contributed by atoms with Crippen LogP contribution in [0.15, 0.2) is 95.4 Å². The molecule has 33 heavy (non-hydrogen) atoms. The highest BCUT2D eigenvalue weighted by Crippen LogP contribution is 2.34. The lowest BCUT2D eigenvalue weighted by atomic mass is 9.94. The Hall–Kier alpha value is -3.41. The SMILES string of the molecule is CC1=C(C(=O)NC/C=C/c2ccccc2)C(c2cc(Cl)cc(Cl)c2)N=C(c2cccnc2)N1. The van der Waals surface area contributed by atoms with Crippen molar-refractivity contribution in [3.8, 4) is 0 Å². The first kappa shape index (κ1) is 22.8. The summed E-state index contributed by atoms with van der Waals surface area (Å²) in [5, 5.41) is 7.19. The van der Waals surface area contributed by atoms with E-state index in [1.165, 1.54) is 0 Å². The molecule has 1 aliphatic rings. The lowest BCUT2D eigenvalue weighted by molar-refractivity contribution is -0.117. The summed E-state index contributed by atoms with van der Waals surface area (Å²) in [6.45, 7) is 2.24. The highest BCUT2D eigenvalue weighted by Gasteiger charge is 2.30. The molecular weight excluding hydrogens is 455 g/mol. The monoisotopic (exact) mass is 476 g/mol. The van der Waals surface area contributed by atoms with Crippen LogP contribution in [0.25, 0.3) is 6.08 Å². The molecule has 5 nitrogen and oxygen atoms in total. The number of allylic oxidation sites excluding steroid dienone is 1. The lowest BCUT2D eigenvalue weighted by Gasteiger charge is -2.27. The third kappa shape index (κ3) is 5.69. The number of aromatic nitrogens is 1. The predicted octanol–water partition coefficient (Wildman–Crippen LogP) is 5.58. The van der Waals surface area contributed by atoms with Crippen LogP contribution in [0.3, 0.4) is 0 Å². The van der Waals surface area contributed by atoms with Crippen molar-refractivity contribution in [2.45, 2.75) is 13.0 Å². The minimum absolute atomic E-state index is 0.215. The van der Waals surface area contributed by atoms with Gasteiger partial charge in [0, 0.05) is 40.2 Å². The smallest absolute Gasteiger partial charge is 0.251 e. The van der Waals surface area contributed by atoms with E-state index in [1.54, 1.807) is 30.6 Å². The first-order valence-corrected chi connectivity index (χ1v) is 11.2. The molecule has 4 rings (SSSR count). The van der Waals surface area contributed by atoms with Gasteiger partial charge < -0.3 is 10.6 Å². The summed E-state index contributed by atoms with van der Waals surface area (Å²) in [5.41, 5.74) is 3.84. The van der Waals surface area contributed by atoms with Gasteiger partial charge in [-0.05, 0) is 48.4 Å². The van der Waals surface area contributed by atoms with Crippen molar-refractivity contribution >= 4 is 41.0 Å². The van der Waals surface area contributed by atoms with E-state index >= 15 is 0 Å². The lowest BCUT2D eigenvalue weighted by Crippen LogP contribution is -2.36. The standard InChI is InChI=1S/C26H22Cl2N4O/c1-17-23(26(33)30-12-5-9-18-7-3-2-4-8-18)24(20-13-21(27)15-22(28)14-20)32-25(31-17)19-10-6-11-29-16-19/h2-11,13-16,24H,12H2,1H3,(H,30,33)(H,31,32)/b9-5+. The van der Waals surface area contributed by atoms with Crippen LogP contribution < -0.4 is 10.6 Å². The van der Waals surface area contributed by atoms with E-state index in [2.05, 4.69) is 15.6 Å². The van der Waals surface area contributed by atoms with E-state index in [0.717, 1.165) is 16.7 Å². The Balaban J connectivity index is 1.61. The van der Waals surface area contributed by atoms with Gasteiger partial charge in [0.2, 0.25) is 0 Å². The number of pyridine rings is 1. The number of nitrogens with one attached hydrogen (secondary N) is 2. The van der Waals surface area contributed by atoms with Crippen molar-refractivity contribution in [3.63, 3.8) is 0 Å². The fraction of sp³-hybridized carbons (Fsp3) is 0.115. The second kappa shape index (κ2) is 10.5. The summed E-state index contributed by atoms with van der Waals surface area (Å²) in [6, 6.07) is 18.3. The number of carbonyl (C=O) groups excluding carboxylic acids is 1. The maximum atomic E-state index is 13.2. The molecule has 1 aliphatic heterocycles. The topological polar surface area (TPSA) is 66.4 Å². The number of amidine groups is 1. The third-order valence-electron chi connectivity index (χ3n) is 5.11. The Morgan fingerprint density at radius 2 is 1.85 bits per heavy atom. The molecule has 0 aliphatic carbocycles. The number of carbonyl (C=O) groups is 1. The molecule has 0 radical (unpaired) electrons. The molecule has 1 amide bonds. The molecule has 1 aromatic heterocycles. The van der Waals surface area contributed by atoms with E-state index in [9.17, 15) is 4.79 Å². The molecular formula is C26H22Cl2N4O. The molecule has 2 heterocycles. The third-order valence-corrected chi connectivity index (χ3v) is 5.55. The van der Waals surface area contributed by atoms with E-state index in [1.807, 2.05) is 61.5 Å². The number of aliphatic imine (C=N–C) groups is 1. The number of nitrogens with zero attached hydrogens (tertiary/aromatic N) is 2. The number of halogens is 2. The fourth-order valence-corrected chi connectivity index (χ4v) is 4.14. The van der Waals surface area contributed by atoms with Crippen molar-refractivity contribution in [3.05, 3.63) is 117 Å². The Kier molecular flexibility index (Phi) is 7.23. The van der Waals surface area contributed by atoms with Crippen LogP contribution in [-0.4, -0.2) is 23.3 Å². The van der Waals surface area contributed by atoms with Crippen molar-refractivity contribution in [1.29, 1.82) is 0 Å². The molecule has 2 aromatic carbocycles. The summed E-state index contributed by atoms with van der Waals surface area (Å²) < 4.78 is 0. The molecule has 3 aromatic rings. The number of amides is 1. The second-order valence-electron chi connectivity index (χ2n) is 7.51. The van der Waals surface area contributed by atoms with Crippen LogP contribution in [0.2, 0.25) is 10.0 Å². The Bertz CT molecular complexity index is 1220. The van der Waals surface area contributed by atoms with Gasteiger partial charge in [-0.15, -0.1) is 0 Å². The second-order valence-corrected chi connectivity index (χ2v) is 8.38. The Labute approximate surface area is 202 Å². The number of rotatable bonds is 6. The zero-order chi connectivity index (χ0) is 23.2. The van der Waals surface area contributed by atoms with Crippen LogP contribution >= 0.6 is 23.2 Å². The Morgan fingerprint density at radius 3 is 2.55 bits per heavy atom. The van der Waals surface area contributed by atoms with E-state index in [-0.39, 0.29) is 5.91 Å². The van der Waals surface area contributed by atoms with Crippen LogP contribution in [0.1, 0.15) is 29.7 Å². The number of hydrogen-bond donors (Lipinski definition) is 2. The summed E-state index contributed by atoms with van der Waals surface area (Å²) in [4.78, 5) is 22.2. The average molecular weight is 477 g/mol. The average Bonchev–Trinajstić information content (AvgIpc) is 2.82. The normalized spacial score (nSPS) is 15.8. The highest BCUT2D eigenvalue weighted by atomic mass is 35.5. The van der Waals surface area contributed by atoms with E-state index < -0.39 is 6.04 Å². The zero-order valence-corrected chi connectivity index (χ0v) is 19.4. The fourth-order valence-electron chi connectivity index (χ4n) is 3.60. The number of hydrogen-bond acceptors (Lipinski definition) is 4. The van der Waals surface area contributed by atoms with Gasteiger partial charge in [0.15, 0.2) is 0 Å². The molecule has 0 fully saturated rings. The van der Waals surface area contributed by atoms with Crippen LogP contribution in [-0.2, 0) is 4.79 Å². The van der Waals surface area contributed by atoms with Gasteiger partial charge >= 0.3 is 0 Å². The maximum absolute atomic E-state index is 13.2. The largest absolute Gasteiger partial charge is 0.349 e. The summed E-state index contributed by atoms with van der Waals surface area (Å²) in [7, 11) is 0. The number of benzene rings is 2. The first-order chi connectivity index (χ1) is 16.0. The molecule has 166 valence electrons. The van der Waals surface area contributed by atoms with Gasteiger partial charge in [0.25, 0.3) is 5.91 Å². The van der Waals surface area contributed by atoms with Crippen LogP contribution in [0, 0.1) is 0 Å². The molecule has 0 saturated heterocycles. The van der Waals surface area contributed by atoms with E-state index in [0.29, 0.717) is 33.7 Å². The molecule has 1 atom stereocenters. The van der Waals surface area contributed by atoms with Gasteiger partial charge in [-0.3, -0.25) is 14.8 Å². The summed E-state index contributed by atoms with van der Waals surface area (Å²) in [5.74, 6) is 0.412. The zero-order valence-electron chi connectivity index (χ0n) is 17.9. The highest BCUT2D eigenvalue weighted by molar-refractivity contribution is 6.34. The minimum atomic E-state index is -0.573. The van der Waals surface area contributed by atoms with Crippen molar-refractivity contribution in [2.75, 3.05) is 6.54 Å².